The van der Waals surface area contributed by atoms with Gasteiger partial charge in [-0.15, -0.1) is 0 Å². The van der Waals surface area contributed by atoms with Crippen LogP contribution in [0.4, 0.5) is 11.4 Å². The van der Waals surface area contributed by atoms with Gasteiger partial charge >= 0.3 is 29.6 Å². The molecule has 2 rings (SSSR count). The molecule has 0 saturated carbocycles. The molecule has 84 valence electrons. The van der Waals surface area contributed by atoms with Crippen LogP contribution in [0.15, 0.2) is 64.8 Å². The Morgan fingerprint density at radius 2 is 1.33 bits per heavy atom. The number of aromatic carboxylic acids is 1. The molecule has 0 atom stereocenters. The number of carbonyl (C=O) groups excluding carboxylic acids is 1. The zero-order valence-corrected chi connectivity index (χ0v) is 11.9. The third kappa shape index (κ3) is 4.07. The summed E-state index contributed by atoms with van der Waals surface area (Å²) in [6.07, 6.45) is 0. The molecule has 0 bridgehead atoms. The summed E-state index contributed by atoms with van der Waals surface area (Å²) in [5.41, 5.74) is 1.47. The van der Waals surface area contributed by atoms with E-state index in [1.54, 1.807) is 12.1 Å². The number of rotatable bonds is 3. The SMILES string of the molecule is O=C([O-])c1ccc(N=Nc2ccccc2)cc1.[Na+]. The van der Waals surface area contributed by atoms with E-state index in [9.17, 15) is 9.90 Å². The summed E-state index contributed by atoms with van der Waals surface area (Å²) in [6, 6.07) is 15.3. The van der Waals surface area contributed by atoms with Gasteiger partial charge in [0.15, 0.2) is 0 Å². The van der Waals surface area contributed by atoms with Crippen LogP contribution in [0.2, 0.25) is 0 Å². The first kappa shape index (κ1) is 14.6. The van der Waals surface area contributed by atoms with Crippen LogP contribution in [0.25, 0.3) is 0 Å². The molecule has 0 spiro atoms. The van der Waals surface area contributed by atoms with Gasteiger partial charge < -0.3 is 9.90 Å². The van der Waals surface area contributed by atoms with E-state index in [0.717, 1.165) is 5.69 Å². The summed E-state index contributed by atoms with van der Waals surface area (Å²) in [6.45, 7) is 0. The standard InChI is InChI=1S/C13H10N2O2.Na/c16-13(17)10-6-8-12(9-7-10)15-14-11-4-2-1-3-5-11;/h1-9H,(H,16,17);/q;+1/p-1. The van der Waals surface area contributed by atoms with Gasteiger partial charge in [-0.2, -0.15) is 10.2 Å². The van der Waals surface area contributed by atoms with Crippen LogP contribution in [-0.2, 0) is 0 Å². The molecule has 0 fully saturated rings. The molecule has 4 nitrogen and oxygen atoms in total. The molecule has 0 N–H and O–H groups in total. The van der Waals surface area contributed by atoms with E-state index in [2.05, 4.69) is 10.2 Å². The fourth-order valence-electron chi connectivity index (χ4n) is 1.27. The van der Waals surface area contributed by atoms with Gasteiger partial charge in [-0.1, -0.05) is 30.3 Å². The molecule has 0 aliphatic carbocycles. The van der Waals surface area contributed by atoms with E-state index >= 15 is 0 Å². The summed E-state index contributed by atoms with van der Waals surface area (Å²) in [5, 5.41) is 18.5. The second kappa shape index (κ2) is 7.06. The topological polar surface area (TPSA) is 64.8 Å². The minimum atomic E-state index is -1.20. The molecular formula is C13H9N2NaO2. The number of azo groups is 1. The second-order valence-corrected chi connectivity index (χ2v) is 3.37. The first-order valence-corrected chi connectivity index (χ1v) is 5.04. The molecule has 2 aromatic carbocycles. The molecule has 0 aliphatic heterocycles. The van der Waals surface area contributed by atoms with Gasteiger partial charge in [-0.3, -0.25) is 0 Å². The van der Waals surface area contributed by atoms with Crippen LogP contribution in [0, 0.1) is 0 Å². The van der Waals surface area contributed by atoms with Crippen LogP contribution in [0.3, 0.4) is 0 Å². The molecule has 5 heteroatoms. The maximum Gasteiger partial charge on any atom is 1.00 e. The van der Waals surface area contributed by atoms with E-state index in [4.69, 9.17) is 0 Å². The van der Waals surface area contributed by atoms with Crippen molar-refractivity contribution in [3.8, 4) is 0 Å². The zero-order valence-electron chi connectivity index (χ0n) is 9.91. The zero-order chi connectivity index (χ0) is 12.1. The largest absolute Gasteiger partial charge is 1.00 e. The van der Waals surface area contributed by atoms with Crippen molar-refractivity contribution >= 4 is 17.3 Å². The molecular weight excluding hydrogens is 239 g/mol. The van der Waals surface area contributed by atoms with Gasteiger partial charge in [-0.05, 0) is 29.8 Å². The van der Waals surface area contributed by atoms with E-state index in [1.165, 1.54) is 12.1 Å². The van der Waals surface area contributed by atoms with Crippen molar-refractivity contribution < 1.29 is 39.5 Å². The van der Waals surface area contributed by atoms with Crippen LogP contribution in [0.1, 0.15) is 10.4 Å². The van der Waals surface area contributed by atoms with Crippen LogP contribution >= 0.6 is 0 Å². The monoisotopic (exact) mass is 248 g/mol. The van der Waals surface area contributed by atoms with Gasteiger partial charge in [0.1, 0.15) is 0 Å². The number of benzene rings is 2. The summed E-state index contributed by atoms with van der Waals surface area (Å²) in [4.78, 5) is 10.5. The number of carboxylic acid groups (broad SMARTS) is 1. The van der Waals surface area contributed by atoms with Crippen molar-refractivity contribution in [1.82, 2.24) is 0 Å². The third-order valence-electron chi connectivity index (χ3n) is 2.14. The van der Waals surface area contributed by atoms with Crippen molar-refractivity contribution in [2.75, 3.05) is 0 Å². The van der Waals surface area contributed by atoms with E-state index in [-0.39, 0.29) is 35.1 Å². The number of hydrogen-bond acceptors (Lipinski definition) is 4. The average Bonchev–Trinajstić information content (AvgIpc) is 2.38. The quantitative estimate of drug-likeness (QED) is 0.541. The normalized spacial score (nSPS) is 10.0. The maximum absolute atomic E-state index is 10.5. The number of hydrogen-bond donors (Lipinski definition) is 0. The van der Waals surface area contributed by atoms with Gasteiger partial charge in [0.25, 0.3) is 0 Å². The molecule has 0 aromatic heterocycles. The Morgan fingerprint density at radius 1 is 0.833 bits per heavy atom. The van der Waals surface area contributed by atoms with E-state index < -0.39 is 5.97 Å². The van der Waals surface area contributed by atoms with Gasteiger partial charge in [0.05, 0.1) is 17.3 Å². The van der Waals surface area contributed by atoms with Gasteiger partial charge in [-0.25, -0.2) is 0 Å². The summed E-state index contributed by atoms with van der Waals surface area (Å²) in [5.74, 6) is -1.20. The molecule has 0 unspecified atom stereocenters. The van der Waals surface area contributed by atoms with Crippen molar-refractivity contribution in [3.05, 3.63) is 60.2 Å². The predicted octanol–water partition coefficient (Wildman–Crippen LogP) is -0.531. The van der Waals surface area contributed by atoms with Gasteiger partial charge in [0.2, 0.25) is 0 Å². The number of carbonyl (C=O) groups is 1. The second-order valence-electron chi connectivity index (χ2n) is 3.37. The molecule has 0 radical (unpaired) electrons. The first-order chi connectivity index (χ1) is 8.25. The predicted molar refractivity (Wildman–Crippen MR) is 61.4 cm³/mol. The van der Waals surface area contributed by atoms with E-state index in [0.29, 0.717) is 5.69 Å². The Morgan fingerprint density at radius 3 is 1.83 bits per heavy atom. The van der Waals surface area contributed by atoms with Crippen molar-refractivity contribution in [2.24, 2.45) is 10.2 Å². The Kier molecular flexibility index (Phi) is 5.71. The van der Waals surface area contributed by atoms with E-state index in [1.807, 2.05) is 30.3 Å². The Hall–Kier alpha value is -1.49. The fraction of sp³-hybridized carbons (Fsp3) is 0. The molecule has 18 heavy (non-hydrogen) atoms. The Balaban J connectivity index is 0.00000162. The summed E-state index contributed by atoms with van der Waals surface area (Å²) >= 11 is 0. The summed E-state index contributed by atoms with van der Waals surface area (Å²) in [7, 11) is 0. The van der Waals surface area contributed by atoms with Crippen molar-refractivity contribution in [2.45, 2.75) is 0 Å². The third-order valence-corrected chi connectivity index (χ3v) is 2.14. The van der Waals surface area contributed by atoms with Gasteiger partial charge in [0, 0.05) is 0 Å². The fourth-order valence-corrected chi connectivity index (χ4v) is 1.27. The number of carboxylic acids is 1. The number of nitrogens with zero attached hydrogens (tertiary/aromatic N) is 2. The molecule has 2 aromatic rings. The van der Waals surface area contributed by atoms with Crippen LogP contribution < -0.4 is 34.7 Å². The van der Waals surface area contributed by atoms with Crippen molar-refractivity contribution in [1.29, 1.82) is 0 Å². The van der Waals surface area contributed by atoms with Crippen LogP contribution in [-0.4, -0.2) is 5.97 Å². The molecule has 0 aliphatic rings. The van der Waals surface area contributed by atoms with Crippen molar-refractivity contribution in [3.63, 3.8) is 0 Å². The molecule has 0 amide bonds. The Labute approximate surface area is 127 Å². The smallest absolute Gasteiger partial charge is 0.545 e. The summed E-state index contributed by atoms with van der Waals surface area (Å²) < 4.78 is 0. The Bertz CT molecular complexity index is 539. The maximum atomic E-state index is 10.5. The van der Waals surface area contributed by atoms with Crippen LogP contribution in [0.5, 0.6) is 0 Å². The minimum Gasteiger partial charge on any atom is -0.545 e. The average molecular weight is 248 g/mol. The molecule has 0 saturated heterocycles. The minimum absolute atomic E-state index is 0. The first-order valence-electron chi connectivity index (χ1n) is 5.04. The molecule has 0 heterocycles.